The molecular formula is C22H23ClN4O3. The van der Waals surface area contributed by atoms with Crippen molar-refractivity contribution in [1.29, 1.82) is 0 Å². The van der Waals surface area contributed by atoms with Gasteiger partial charge in [-0.05, 0) is 30.3 Å². The number of halogens is 1. The van der Waals surface area contributed by atoms with Crippen LogP contribution in [0.15, 0.2) is 48.5 Å². The molecule has 8 heteroatoms. The second-order valence-electron chi connectivity index (χ2n) is 7.59. The molecule has 2 aliphatic rings. The van der Waals surface area contributed by atoms with Crippen molar-refractivity contribution in [2.24, 2.45) is 11.7 Å². The fourth-order valence-corrected chi connectivity index (χ4v) is 4.28. The van der Waals surface area contributed by atoms with Gasteiger partial charge in [0.15, 0.2) is 0 Å². The van der Waals surface area contributed by atoms with Gasteiger partial charge in [0.25, 0.3) is 5.91 Å². The third kappa shape index (κ3) is 3.98. The highest BCUT2D eigenvalue weighted by Gasteiger charge is 2.34. The Morgan fingerprint density at radius 2 is 1.70 bits per heavy atom. The molecule has 1 atom stereocenters. The number of carbonyl (C=O) groups excluding carboxylic acids is 3. The van der Waals surface area contributed by atoms with Crippen LogP contribution < -0.4 is 15.5 Å². The molecule has 2 saturated heterocycles. The number of benzene rings is 2. The van der Waals surface area contributed by atoms with Crippen molar-refractivity contribution in [1.82, 2.24) is 4.90 Å². The lowest BCUT2D eigenvalue weighted by Crippen LogP contribution is -2.48. The minimum Gasteiger partial charge on any atom is -0.369 e. The molecule has 2 fully saturated rings. The summed E-state index contributed by atoms with van der Waals surface area (Å²) in [6.45, 7) is 2.84. The second-order valence-corrected chi connectivity index (χ2v) is 8.00. The Balaban J connectivity index is 1.42. The van der Waals surface area contributed by atoms with Gasteiger partial charge in [-0.25, -0.2) is 0 Å². The molecule has 4 rings (SSSR count). The summed E-state index contributed by atoms with van der Waals surface area (Å²) in [5.74, 6) is -1.02. The van der Waals surface area contributed by atoms with Crippen LogP contribution in [0.3, 0.4) is 0 Å². The first-order valence-corrected chi connectivity index (χ1v) is 10.3. The minimum absolute atomic E-state index is 0.0354. The van der Waals surface area contributed by atoms with Gasteiger partial charge in [-0.15, -0.1) is 0 Å². The number of anilines is 2. The van der Waals surface area contributed by atoms with Crippen molar-refractivity contribution in [2.75, 3.05) is 42.5 Å². The van der Waals surface area contributed by atoms with Crippen molar-refractivity contribution in [3.05, 3.63) is 59.1 Å². The quantitative estimate of drug-likeness (QED) is 0.811. The predicted molar refractivity (Wildman–Crippen MR) is 116 cm³/mol. The summed E-state index contributed by atoms with van der Waals surface area (Å²) < 4.78 is 0. The highest BCUT2D eigenvalue weighted by Crippen LogP contribution is 2.33. The summed E-state index contributed by atoms with van der Waals surface area (Å²) in [4.78, 5) is 41.8. The van der Waals surface area contributed by atoms with E-state index in [0.717, 1.165) is 5.69 Å². The molecule has 0 bridgehead atoms. The van der Waals surface area contributed by atoms with Gasteiger partial charge < -0.3 is 20.4 Å². The third-order valence-corrected chi connectivity index (χ3v) is 6.00. The van der Waals surface area contributed by atoms with E-state index in [9.17, 15) is 14.4 Å². The Kier molecular flexibility index (Phi) is 5.63. The first-order chi connectivity index (χ1) is 14.4. The van der Waals surface area contributed by atoms with E-state index in [0.29, 0.717) is 42.5 Å². The van der Waals surface area contributed by atoms with E-state index in [-0.39, 0.29) is 24.8 Å². The number of amides is 3. The maximum absolute atomic E-state index is 12.6. The average molecular weight is 427 g/mol. The number of hydrogen-bond donors (Lipinski definition) is 1. The molecule has 156 valence electrons. The average Bonchev–Trinajstić information content (AvgIpc) is 3.16. The van der Waals surface area contributed by atoms with Crippen LogP contribution in [-0.2, 0) is 9.59 Å². The molecule has 2 N–H and O–H groups in total. The van der Waals surface area contributed by atoms with Gasteiger partial charge in [0, 0.05) is 50.4 Å². The van der Waals surface area contributed by atoms with Crippen molar-refractivity contribution in [3.63, 3.8) is 0 Å². The molecule has 2 aromatic rings. The van der Waals surface area contributed by atoms with Crippen molar-refractivity contribution >= 4 is 40.7 Å². The molecule has 0 saturated carbocycles. The predicted octanol–water partition coefficient (Wildman–Crippen LogP) is 2.14. The Morgan fingerprint density at radius 1 is 1.00 bits per heavy atom. The highest BCUT2D eigenvalue weighted by molar-refractivity contribution is 6.33. The smallest absolute Gasteiger partial charge is 0.253 e. The normalized spacial score (nSPS) is 19.3. The van der Waals surface area contributed by atoms with E-state index < -0.39 is 11.8 Å². The molecule has 3 amide bonds. The SMILES string of the molecule is NC(=O)[C@@H]1CC(=O)N(c2ccc(N3CCN(C(=O)c4ccccc4)CC3)c(Cl)c2)C1. The lowest BCUT2D eigenvalue weighted by Gasteiger charge is -2.36. The van der Waals surface area contributed by atoms with Crippen molar-refractivity contribution in [2.45, 2.75) is 6.42 Å². The summed E-state index contributed by atoms with van der Waals surface area (Å²) in [5.41, 5.74) is 7.56. The number of rotatable bonds is 4. The topological polar surface area (TPSA) is 86.9 Å². The Bertz CT molecular complexity index is 974. The monoisotopic (exact) mass is 426 g/mol. The molecule has 30 heavy (non-hydrogen) atoms. The first-order valence-electron chi connectivity index (χ1n) is 9.92. The fraction of sp³-hybridized carbons (Fsp3) is 0.318. The molecule has 2 aromatic carbocycles. The first kappa shape index (κ1) is 20.2. The van der Waals surface area contributed by atoms with Crippen molar-refractivity contribution in [3.8, 4) is 0 Å². The number of primary amides is 1. The number of piperazine rings is 1. The van der Waals surface area contributed by atoms with E-state index >= 15 is 0 Å². The van der Waals surface area contributed by atoms with Crippen molar-refractivity contribution < 1.29 is 14.4 Å². The van der Waals surface area contributed by atoms with E-state index in [1.807, 2.05) is 47.4 Å². The standard InChI is InChI=1S/C22H23ClN4O3/c23-18-13-17(27-14-16(21(24)29)12-20(27)28)6-7-19(18)25-8-10-26(11-9-25)22(30)15-4-2-1-3-5-15/h1-7,13,16H,8-12,14H2,(H2,24,29)/t16-/m1/s1. The van der Waals surface area contributed by atoms with E-state index in [1.165, 1.54) is 0 Å². The molecule has 0 aliphatic carbocycles. The van der Waals surface area contributed by atoms with Gasteiger partial charge in [0.05, 0.1) is 16.6 Å². The van der Waals surface area contributed by atoms with Crippen LogP contribution in [0, 0.1) is 5.92 Å². The Hall–Kier alpha value is -3.06. The molecular weight excluding hydrogens is 404 g/mol. The highest BCUT2D eigenvalue weighted by atomic mass is 35.5. The molecule has 0 unspecified atom stereocenters. The van der Waals surface area contributed by atoms with E-state index in [2.05, 4.69) is 4.90 Å². The van der Waals surface area contributed by atoms with Gasteiger partial charge in [0.1, 0.15) is 0 Å². The zero-order valence-electron chi connectivity index (χ0n) is 16.5. The van der Waals surface area contributed by atoms with Gasteiger partial charge in [0.2, 0.25) is 11.8 Å². The van der Waals surface area contributed by atoms with Gasteiger partial charge >= 0.3 is 0 Å². The van der Waals surface area contributed by atoms with Gasteiger partial charge in [-0.2, -0.15) is 0 Å². The molecule has 2 heterocycles. The summed E-state index contributed by atoms with van der Waals surface area (Å²) in [6.07, 6.45) is 0.131. The fourth-order valence-electron chi connectivity index (χ4n) is 3.98. The molecule has 2 aliphatic heterocycles. The maximum Gasteiger partial charge on any atom is 0.253 e. The van der Waals surface area contributed by atoms with Gasteiger partial charge in [-0.3, -0.25) is 14.4 Å². The number of nitrogens with two attached hydrogens (primary N) is 1. The Morgan fingerprint density at radius 3 is 2.30 bits per heavy atom. The minimum atomic E-state index is -0.466. The lowest BCUT2D eigenvalue weighted by atomic mass is 10.1. The van der Waals surface area contributed by atoms with Crippen LogP contribution in [0.5, 0.6) is 0 Å². The Labute approximate surface area is 180 Å². The zero-order valence-corrected chi connectivity index (χ0v) is 17.2. The van der Waals surface area contributed by atoms with Crippen LogP contribution in [0.2, 0.25) is 5.02 Å². The molecule has 0 radical (unpaired) electrons. The van der Waals surface area contributed by atoms with Crippen LogP contribution in [-0.4, -0.2) is 55.3 Å². The van der Waals surface area contributed by atoms with Crippen LogP contribution in [0.1, 0.15) is 16.8 Å². The second kappa shape index (κ2) is 8.36. The maximum atomic E-state index is 12.6. The van der Waals surface area contributed by atoms with Crippen LogP contribution in [0.25, 0.3) is 0 Å². The van der Waals surface area contributed by atoms with E-state index in [4.69, 9.17) is 17.3 Å². The van der Waals surface area contributed by atoms with Crippen LogP contribution >= 0.6 is 11.6 Å². The molecule has 7 nitrogen and oxygen atoms in total. The summed E-state index contributed by atoms with van der Waals surface area (Å²) in [6, 6.07) is 14.7. The number of nitrogens with zero attached hydrogens (tertiary/aromatic N) is 3. The third-order valence-electron chi connectivity index (χ3n) is 5.70. The lowest BCUT2D eigenvalue weighted by molar-refractivity contribution is -0.123. The summed E-state index contributed by atoms with van der Waals surface area (Å²) in [7, 11) is 0. The van der Waals surface area contributed by atoms with E-state index in [1.54, 1.807) is 11.0 Å². The zero-order chi connectivity index (χ0) is 21.3. The largest absolute Gasteiger partial charge is 0.369 e. The summed E-state index contributed by atoms with van der Waals surface area (Å²) in [5, 5.41) is 0.533. The molecule has 0 aromatic heterocycles. The van der Waals surface area contributed by atoms with Gasteiger partial charge in [-0.1, -0.05) is 29.8 Å². The summed E-state index contributed by atoms with van der Waals surface area (Å²) >= 11 is 6.53. The molecule has 0 spiro atoms. The number of carbonyl (C=O) groups is 3. The number of hydrogen-bond acceptors (Lipinski definition) is 4. The van der Waals surface area contributed by atoms with Crippen LogP contribution in [0.4, 0.5) is 11.4 Å².